The summed E-state index contributed by atoms with van der Waals surface area (Å²) in [4.78, 5) is 12.8. The summed E-state index contributed by atoms with van der Waals surface area (Å²) in [7, 11) is 0. The predicted octanol–water partition coefficient (Wildman–Crippen LogP) is 2.44. The SMILES string of the molecule is NC(=S)C(Cc1ccccc1)C(=O)NC1CC2CCC1C2. The summed E-state index contributed by atoms with van der Waals surface area (Å²) in [6.07, 6.45) is 5.59. The van der Waals surface area contributed by atoms with Crippen molar-refractivity contribution in [3.8, 4) is 0 Å². The third kappa shape index (κ3) is 3.26. The standard InChI is InChI=1S/C17H22N2OS/c18-16(21)14(9-11-4-2-1-3-5-11)17(20)19-15-10-12-6-7-13(15)8-12/h1-5,12-15H,6-10H2,(H2,18,21)(H,19,20). The Morgan fingerprint density at radius 2 is 2.05 bits per heavy atom. The monoisotopic (exact) mass is 302 g/mol. The maximum atomic E-state index is 12.5. The number of nitrogens with one attached hydrogen (secondary N) is 1. The number of fused-ring (bicyclic) bond motifs is 2. The maximum absolute atomic E-state index is 12.5. The average molecular weight is 302 g/mol. The third-order valence-corrected chi connectivity index (χ3v) is 5.29. The minimum absolute atomic E-state index is 0.00361. The van der Waals surface area contributed by atoms with Crippen LogP contribution in [0.1, 0.15) is 31.2 Å². The molecule has 3 nitrogen and oxygen atoms in total. The van der Waals surface area contributed by atoms with Crippen molar-refractivity contribution in [3.05, 3.63) is 35.9 Å². The molecule has 3 N–H and O–H groups in total. The van der Waals surface area contributed by atoms with Crippen molar-refractivity contribution < 1.29 is 4.79 Å². The first-order valence-corrected chi connectivity index (χ1v) is 8.18. The highest BCUT2D eigenvalue weighted by Crippen LogP contribution is 2.44. The van der Waals surface area contributed by atoms with E-state index in [-0.39, 0.29) is 5.91 Å². The number of carbonyl (C=O) groups is 1. The Hall–Kier alpha value is -1.42. The molecule has 0 saturated heterocycles. The van der Waals surface area contributed by atoms with Gasteiger partial charge in [-0.15, -0.1) is 0 Å². The molecule has 1 aromatic rings. The Kier molecular flexibility index (Phi) is 4.24. The number of carbonyl (C=O) groups excluding carboxylic acids is 1. The maximum Gasteiger partial charge on any atom is 0.230 e. The van der Waals surface area contributed by atoms with Gasteiger partial charge in [0.25, 0.3) is 0 Å². The molecule has 2 bridgehead atoms. The molecular weight excluding hydrogens is 280 g/mol. The summed E-state index contributed by atoms with van der Waals surface area (Å²) in [6, 6.07) is 10.3. The third-order valence-electron chi connectivity index (χ3n) is 5.01. The molecule has 2 fully saturated rings. The van der Waals surface area contributed by atoms with Gasteiger partial charge in [0.05, 0.1) is 10.9 Å². The van der Waals surface area contributed by atoms with Gasteiger partial charge in [-0.3, -0.25) is 4.79 Å². The fraction of sp³-hybridized carbons (Fsp3) is 0.529. The zero-order valence-corrected chi connectivity index (χ0v) is 12.9. The lowest BCUT2D eigenvalue weighted by molar-refractivity contribution is -0.124. The topological polar surface area (TPSA) is 55.1 Å². The van der Waals surface area contributed by atoms with Gasteiger partial charge in [-0.25, -0.2) is 0 Å². The van der Waals surface area contributed by atoms with E-state index in [9.17, 15) is 4.79 Å². The minimum atomic E-state index is -0.401. The van der Waals surface area contributed by atoms with E-state index in [1.807, 2.05) is 30.3 Å². The van der Waals surface area contributed by atoms with E-state index in [1.165, 1.54) is 19.3 Å². The van der Waals surface area contributed by atoms with Crippen LogP contribution in [0.5, 0.6) is 0 Å². The van der Waals surface area contributed by atoms with Crippen molar-refractivity contribution in [1.29, 1.82) is 0 Å². The van der Waals surface area contributed by atoms with Crippen LogP contribution < -0.4 is 11.1 Å². The lowest BCUT2D eigenvalue weighted by atomic mass is 9.93. The van der Waals surface area contributed by atoms with Gasteiger partial charge in [-0.2, -0.15) is 0 Å². The second-order valence-electron chi connectivity index (χ2n) is 6.43. The number of rotatable bonds is 5. The van der Waals surface area contributed by atoms with Crippen LogP contribution in [0.3, 0.4) is 0 Å². The molecule has 0 aliphatic heterocycles. The zero-order valence-electron chi connectivity index (χ0n) is 12.1. The Labute approximate surface area is 131 Å². The largest absolute Gasteiger partial charge is 0.393 e. The second kappa shape index (κ2) is 6.14. The summed E-state index contributed by atoms with van der Waals surface area (Å²) < 4.78 is 0. The molecule has 0 heterocycles. The molecule has 1 amide bonds. The Morgan fingerprint density at radius 1 is 1.29 bits per heavy atom. The van der Waals surface area contributed by atoms with Crippen LogP contribution in [0.25, 0.3) is 0 Å². The van der Waals surface area contributed by atoms with Crippen LogP contribution in [0, 0.1) is 17.8 Å². The van der Waals surface area contributed by atoms with Crippen molar-refractivity contribution >= 4 is 23.1 Å². The van der Waals surface area contributed by atoms with Gasteiger partial charge in [0.2, 0.25) is 5.91 Å². The fourth-order valence-electron chi connectivity index (χ4n) is 3.88. The first-order valence-electron chi connectivity index (χ1n) is 7.77. The first-order chi connectivity index (χ1) is 10.1. The summed E-state index contributed by atoms with van der Waals surface area (Å²) in [5.74, 6) is 1.09. The molecule has 2 saturated carbocycles. The molecule has 21 heavy (non-hydrogen) atoms. The molecular formula is C17H22N2OS. The van der Waals surface area contributed by atoms with Crippen LogP contribution in [0.4, 0.5) is 0 Å². The molecule has 4 atom stereocenters. The molecule has 0 radical (unpaired) electrons. The Bertz CT molecular complexity index is 531. The summed E-state index contributed by atoms with van der Waals surface area (Å²) in [5, 5.41) is 3.21. The molecule has 3 rings (SSSR count). The quantitative estimate of drug-likeness (QED) is 0.821. The van der Waals surface area contributed by atoms with Crippen LogP contribution >= 0.6 is 12.2 Å². The Balaban J connectivity index is 1.63. The summed E-state index contributed by atoms with van der Waals surface area (Å²) >= 11 is 5.12. The highest BCUT2D eigenvalue weighted by atomic mass is 32.1. The van der Waals surface area contributed by atoms with Crippen molar-refractivity contribution in [2.24, 2.45) is 23.5 Å². The number of amides is 1. The van der Waals surface area contributed by atoms with Crippen molar-refractivity contribution in [3.63, 3.8) is 0 Å². The number of nitrogens with two attached hydrogens (primary N) is 1. The molecule has 0 aromatic heterocycles. The van der Waals surface area contributed by atoms with E-state index >= 15 is 0 Å². The van der Waals surface area contributed by atoms with Gasteiger partial charge in [-0.1, -0.05) is 49.0 Å². The second-order valence-corrected chi connectivity index (χ2v) is 6.91. The average Bonchev–Trinajstić information content (AvgIpc) is 3.08. The van der Waals surface area contributed by atoms with Gasteiger partial charge in [0, 0.05) is 6.04 Å². The first kappa shape index (κ1) is 14.5. The smallest absolute Gasteiger partial charge is 0.230 e. The van der Waals surface area contributed by atoms with Gasteiger partial charge < -0.3 is 11.1 Å². The molecule has 1 aromatic carbocycles. The number of benzene rings is 1. The zero-order chi connectivity index (χ0) is 14.8. The van der Waals surface area contributed by atoms with E-state index in [2.05, 4.69) is 5.32 Å². The van der Waals surface area contributed by atoms with E-state index in [4.69, 9.17) is 18.0 Å². The van der Waals surface area contributed by atoms with Crippen molar-refractivity contribution in [2.45, 2.75) is 38.1 Å². The molecule has 4 unspecified atom stereocenters. The molecule has 4 heteroatoms. The highest BCUT2D eigenvalue weighted by Gasteiger charge is 2.40. The van der Waals surface area contributed by atoms with E-state index in [0.717, 1.165) is 17.9 Å². The van der Waals surface area contributed by atoms with Gasteiger partial charge in [0.1, 0.15) is 0 Å². The van der Waals surface area contributed by atoms with Crippen molar-refractivity contribution in [1.82, 2.24) is 5.32 Å². The van der Waals surface area contributed by atoms with Gasteiger partial charge >= 0.3 is 0 Å². The van der Waals surface area contributed by atoms with E-state index < -0.39 is 5.92 Å². The Morgan fingerprint density at radius 3 is 2.62 bits per heavy atom. The van der Waals surface area contributed by atoms with Crippen LogP contribution in [0.2, 0.25) is 0 Å². The van der Waals surface area contributed by atoms with Gasteiger partial charge in [-0.05, 0) is 43.1 Å². The summed E-state index contributed by atoms with van der Waals surface area (Å²) in [5.41, 5.74) is 6.90. The summed E-state index contributed by atoms with van der Waals surface area (Å²) in [6.45, 7) is 0. The molecule has 2 aliphatic carbocycles. The molecule has 112 valence electrons. The highest BCUT2D eigenvalue weighted by molar-refractivity contribution is 7.80. The van der Waals surface area contributed by atoms with Crippen LogP contribution in [0.15, 0.2) is 30.3 Å². The lowest BCUT2D eigenvalue weighted by Gasteiger charge is -2.25. The van der Waals surface area contributed by atoms with Gasteiger partial charge in [0.15, 0.2) is 0 Å². The van der Waals surface area contributed by atoms with Crippen LogP contribution in [-0.2, 0) is 11.2 Å². The minimum Gasteiger partial charge on any atom is -0.393 e. The fourth-order valence-corrected chi connectivity index (χ4v) is 4.07. The normalized spacial score (nSPS) is 28.3. The lowest BCUT2D eigenvalue weighted by Crippen LogP contribution is -2.45. The van der Waals surface area contributed by atoms with Crippen molar-refractivity contribution in [2.75, 3.05) is 0 Å². The predicted molar refractivity (Wildman–Crippen MR) is 87.8 cm³/mol. The van der Waals surface area contributed by atoms with E-state index in [1.54, 1.807) is 0 Å². The number of hydrogen-bond donors (Lipinski definition) is 2. The number of hydrogen-bond acceptors (Lipinski definition) is 2. The number of thiocarbonyl (C=S) groups is 1. The molecule has 2 aliphatic rings. The van der Waals surface area contributed by atoms with Crippen LogP contribution in [-0.4, -0.2) is 16.9 Å². The van der Waals surface area contributed by atoms with E-state index in [0.29, 0.717) is 23.4 Å². The molecule has 0 spiro atoms.